The molecule has 0 saturated carbocycles. The number of hydrogen-bond donors (Lipinski definition) is 1. The van der Waals surface area contributed by atoms with Gasteiger partial charge in [0.1, 0.15) is 5.75 Å². The average molecular weight is 357 g/mol. The van der Waals surface area contributed by atoms with Gasteiger partial charge < -0.3 is 15.0 Å². The molecule has 2 amide bonds. The smallest absolute Gasteiger partial charge is 0.272 e. The minimum absolute atomic E-state index is 0.0100. The van der Waals surface area contributed by atoms with Gasteiger partial charge in [0.2, 0.25) is 0 Å². The van der Waals surface area contributed by atoms with Gasteiger partial charge in [-0.25, -0.2) is 0 Å². The molecule has 0 fully saturated rings. The molecule has 0 heterocycles. The first-order chi connectivity index (χ1) is 12.3. The summed E-state index contributed by atoms with van der Waals surface area (Å²) in [7, 11) is 3.29. The Hall–Kier alpha value is -3.42. The van der Waals surface area contributed by atoms with E-state index in [1.54, 1.807) is 45.3 Å². The van der Waals surface area contributed by atoms with E-state index >= 15 is 0 Å². The monoisotopic (exact) mass is 357 g/mol. The largest absolute Gasteiger partial charge is 0.484 e. The number of hydrogen-bond acceptors (Lipinski definition) is 5. The van der Waals surface area contributed by atoms with Crippen molar-refractivity contribution in [2.75, 3.05) is 26.0 Å². The van der Waals surface area contributed by atoms with Gasteiger partial charge in [0, 0.05) is 37.0 Å². The van der Waals surface area contributed by atoms with Crippen LogP contribution in [0.3, 0.4) is 0 Å². The SMILES string of the molecule is Cc1cc(OCC(=O)Nc2cccc(C(=O)N(C)C)c2)ccc1[N+](=O)[O-]. The highest BCUT2D eigenvalue weighted by Crippen LogP contribution is 2.23. The lowest BCUT2D eigenvalue weighted by molar-refractivity contribution is -0.385. The Bertz CT molecular complexity index is 848. The van der Waals surface area contributed by atoms with Crippen molar-refractivity contribution in [2.24, 2.45) is 0 Å². The first-order valence-corrected chi connectivity index (χ1v) is 7.77. The number of nitro groups is 1. The molecule has 1 N–H and O–H groups in total. The number of carbonyl (C=O) groups is 2. The summed E-state index contributed by atoms with van der Waals surface area (Å²) >= 11 is 0. The van der Waals surface area contributed by atoms with Crippen LogP contribution in [0.15, 0.2) is 42.5 Å². The van der Waals surface area contributed by atoms with Gasteiger partial charge >= 0.3 is 0 Å². The highest BCUT2D eigenvalue weighted by atomic mass is 16.6. The molecule has 0 unspecified atom stereocenters. The molecule has 0 bridgehead atoms. The Morgan fingerprint density at radius 1 is 1.19 bits per heavy atom. The van der Waals surface area contributed by atoms with Crippen molar-refractivity contribution in [3.05, 3.63) is 63.7 Å². The van der Waals surface area contributed by atoms with Gasteiger partial charge in [-0.3, -0.25) is 19.7 Å². The summed E-state index contributed by atoms with van der Waals surface area (Å²) in [5.41, 5.74) is 1.37. The van der Waals surface area contributed by atoms with E-state index in [2.05, 4.69) is 5.32 Å². The summed E-state index contributed by atoms with van der Waals surface area (Å²) in [6.45, 7) is 1.33. The highest BCUT2D eigenvalue weighted by Gasteiger charge is 2.12. The molecule has 136 valence electrons. The maximum atomic E-state index is 12.0. The second-order valence-electron chi connectivity index (χ2n) is 5.82. The maximum absolute atomic E-state index is 12.0. The molecule has 8 nitrogen and oxygen atoms in total. The summed E-state index contributed by atoms with van der Waals surface area (Å²) in [5, 5.41) is 13.4. The lowest BCUT2D eigenvalue weighted by Crippen LogP contribution is -2.23. The number of rotatable bonds is 6. The molecule has 0 aliphatic carbocycles. The molecule has 0 spiro atoms. The second kappa shape index (κ2) is 8.11. The van der Waals surface area contributed by atoms with Crippen LogP contribution in [0.4, 0.5) is 11.4 Å². The van der Waals surface area contributed by atoms with Crippen molar-refractivity contribution in [2.45, 2.75) is 6.92 Å². The fraction of sp³-hybridized carbons (Fsp3) is 0.222. The van der Waals surface area contributed by atoms with Crippen LogP contribution in [0.2, 0.25) is 0 Å². The standard InChI is InChI=1S/C18H19N3O5/c1-12-9-15(7-8-16(12)21(24)25)26-11-17(22)19-14-6-4-5-13(10-14)18(23)20(2)3/h4-10H,11H2,1-3H3,(H,19,22). The van der Waals surface area contributed by atoms with Crippen LogP contribution in [0, 0.1) is 17.0 Å². The van der Waals surface area contributed by atoms with Crippen LogP contribution in [0.25, 0.3) is 0 Å². The fourth-order valence-electron chi connectivity index (χ4n) is 2.26. The summed E-state index contributed by atoms with van der Waals surface area (Å²) in [4.78, 5) is 35.7. The van der Waals surface area contributed by atoms with Gasteiger partial charge in [-0.05, 0) is 37.3 Å². The van der Waals surface area contributed by atoms with Crippen molar-refractivity contribution in [1.29, 1.82) is 0 Å². The first kappa shape index (κ1) is 18.9. The number of nitrogens with zero attached hydrogens (tertiary/aromatic N) is 2. The van der Waals surface area contributed by atoms with Crippen molar-refractivity contribution >= 4 is 23.2 Å². The zero-order valence-electron chi connectivity index (χ0n) is 14.7. The van der Waals surface area contributed by atoms with E-state index in [0.29, 0.717) is 22.6 Å². The quantitative estimate of drug-likeness (QED) is 0.632. The van der Waals surface area contributed by atoms with Gasteiger partial charge in [0.15, 0.2) is 6.61 Å². The molecule has 2 aromatic rings. The maximum Gasteiger partial charge on any atom is 0.272 e. The van der Waals surface area contributed by atoms with Gasteiger partial charge in [-0.15, -0.1) is 0 Å². The summed E-state index contributed by atoms with van der Waals surface area (Å²) in [6, 6.07) is 10.9. The van der Waals surface area contributed by atoms with Crippen LogP contribution in [0.5, 0.6) is 5.75 Å². The molecular formula is C18H19N3O5. The summed E-state index contributed by atoms with van der Waals surface area (Å²) in [6.07, 6.45) is 0. The molecule has 0 aliphatic rings. The molecule has 0 saturated heterocycles. The Morgan fingerprint density at radius 2 is 1.92 bits per heavy atom. The fourth-order valence-corrected chi connectivity index (χ4v) is 2.26. The summed E-state index contributed by atoms with van der Waals surface area (Å²) in [5.74, 6) is -0.214. The van der Waals surface area contributed by atoms with E-state index < -0.39 is 10.8 Å². The summed E-state index contributed by atoms with van der Waals surface area (Å²) < 4.78 is 5.36. The van der Waals surface area contributed by atoms with Crippen LogP contribution in [-0.2, 0) is 4.79 Å². The molecule has 2 rings (SSSR count). The van der Waals surface area contributed by atoms with E-state index in [0.717, 1.165) is 0 Å². The zero-order valence-corrected chi connectivity index (χ0v) is 14.7. The highest BCUT2D eigenvalue weighted by molar-refractivity contribution is 5.97. The third-order valence-corrected chi connectivity index (χ3v) is 3.53. The number of carbonyl (C=O) groups excluding carboxylic acids is 2. The lowest BCUT2D eigenvalue weighted by atomic mass is 10.2. The predicted molar refractivity (Wildman–Crippen MR) is 96.4 cm³/mol. The van der Waals surface area contributed by atoms with E-state index in [1.165, 1.54) is 23.1 Å². The van der Waals surface area contributed by atoms with Gasteiger partial charge in [0.25, 0.3) is 17.5 Å². The van der Waals surface area contributed by atoms with Gasteiger partial charge in [-0.2, -0.15) is 0 Å². The third-order valence-electron chi connectivity index (χ3n) is 3.53. The van der Waals surface area contributed by atoms with E-state index in [1.807, 2.05) is 0 Å². The molecule has 8 heteroatoms. The zero-order chi connectivity index (χ0) is 19.3. The van der Waals surface area contributed by atoms with Crippen LogP contribution in [-0.4, -0.2) is 42.3 Å². The van der Waals surface area contributed by atoms with Crippen molar-refractivity contribution < 1.29 is 19.2 Å². The van der Waals surface area contributed by atoms with Crippen molar-refractivity contribution in [3.63, 3.8) is 0 Å². The third kappa shape index (κ3) is 4.79. The number of amides is 2. The number of anilines is 1. The molecule has 0 aromatic heterocycles. The normalized spacial score (nSPS) is 10.1. The van der Waals surface area contributed by atoms with Crippen molar-refractivity contribution in [3.8, 4) is 5.75 Å². The molecule has 2 aromatic carbocycles. The van der Waals surface area contributed by atoms with E-state index in [9.17, 15) is 19.7 Å². The Balaban J connectivity index is 1.97. The number of benzene rings is 2. The van der Waals surface area contributed by atoms with Crippen LogP contribution < -0.4 is 10.1 Å². The average Bonchev–Trinajstić information content (AvgIpc) is 2.59. The first-order valence-electron chi connectivity index (χ1n) is 7.77. The Kier molecular flexibility index (Phi) is 5.90. The van der Waals surface area contributed by atoms with E-state index in [4.69, 9.17) is 4.74 Å². The molecule has 0 aliphatic heterocycles. The van der Waals surface area contributed by atoms with Crippen molar-refractivity contribution in [1.82, 2.24) is 4.90 Å². The minimum atomic E-state index is -0.478. The predicted octanol–water partition coefficient (Wildman–Crippen LogP) is 2.62. The van der Waals surface area contributed by atoms with Crippen LogP contribution in [0.1, 0.15) is 15.9 Å². The Morgan fingerprint density at radius 3 is 2.54 bits per heavy atom. The number of nitro benzene ring substituents is 1. The van der Waals surface area contributed by atoms with Crippen LogP contribution >= 0.6 is 0 Å². The molecule has 26 heavy (non-hydrogen) atoms. The number of nitrogens with one attached hydrogen (secondary N) is 1. The topological polar surface area (TPSA) is 102 Å². The van der Waals surface area contributed by atoms with E-state index in [-0.39, 0.29) is 18.2 Å². The van der Waals surface area contributed by atoms with Gasteiger partial charge in [-0.1, -0.05) is 6.07 Å². The Labute approximate surface area is 150 Å². The molecule has 0 radical (unpaired) electrons. The number of aryl methyl sites for hydroxylation is 1. The molecule has 0 atom stereocenters. The second-order valence-corrected chi connectivity index (χ2v) is 5.82. The molecular weight excluding hydrogens is 338 g/mol. The van der Waals surface area contributed by atoms with Gasteiger partial charge in [0.05, 0.1) is 4.92 Å². The lowest BCUT2D eigenvalue weighted by Gasteiger charge is -2.12. The minimum Gasteiger partial charge on any atom is -0.484 e. The number of ether oxygens (including phenoxy) is 1.